The van der Waals surface area contributed by atoms with Gasteiger partial charge in [-0.2, -0.15) is 4.98 Å². The number of aromatic nitrogens is 6. The summed E-state index contributed by atoms with van der Waals surface area (Å²) in [5.74, 6) is 1.68. The zero-order valence-corrected chi connectivity index (χ0v) is 15.0. The van der Waals surface area contributed by atoms with E-state index in [0.717, 1.165) is 17.1 Å². The second-order valence-electron chi connectivity index (χ2n) is 6.39. The minimum absolute atomic E-state index is 0.174. The minimum Gasteiger partial charge on any atom is -0.338 e. The summed E-state index contributed by atoms with van der Waals surface area (Å²) in [6, 6.07) is 8.19. The Balaban J connectivity index is 1.69. The highest BCUT2D eigenvalue weighted by atomic mass is 32.2. The van der Waals surface area contributed by atoms with E-state index in [0.29, 0.717) is 17.5 Å². The first-order chi connectivity index (χ1) is 11.5. The van der Waals surface area contributed by atoms with E-state index in [1.165, 1.54) is 17.3 Å². The maximum atomic E-state index is 5.34. The molecule has 0 N–H and O–H groups in total. The maximum Gasteiger partial charge on any atom is 0.237 e. The lowest BCUT2D eigenvalue weighted by molar-refractivity contribution is 0.321. The smallest absolute Gasteiger partial charge is 0.237 e. The summed E-state index contributed by atoms with van der Waals surface area (Å²) in [5, 5.41) is 16.6. The van der Waals surface area contributed by atoms with Crippen LogP contribution in [-0.2, 0) is 17.7 Å². The summed E-state index contributed by atoms with van der Waals surface area (Å²) in [6.07, 6.45) is 1.01. The molecule has 0 aliphatic rings. The van der Waals surface area contributed by atoms with Gasteiger partial charge in [-0.3, -0.25) is 0 Å². The van der Waals surface area contributed by atoms with Crippen LogP contribution in [0.5, 0.6) is 0 Å². The van der Waals surface area contributed by atoms with Crippen LogP contribution in [0, 0.1) is 0 Å². The fourth-order valence-electron chi connectivity index (χ4n) is 2.14. The highest BCUT2D eigenvalue weighted by Gasteiger charge is 2.20. The Labute approximate surface area is 144 Å². The molecule has 2 aromatic heterocycles. The third-order valence-corrected chi connectivity index (χ3v) is 4.39. The molecule has 24 heavy (non-hydrogen) atoms. The number of hydrogen-bond acceptors (Lipinski definition) is 7. The van der Waals surface area contributed by atoms with Crippen LogP contribution >= 0.6 is 11.8 Å². The lowest BCUT2D eigenvalue weighted by Gasteiger charge is -2.19. The molecule has 0 amide bonds. The zero-order chi connectivity index (χ0) is 17.2. The Kier molecular flexibility index (Phi) is 4.66. The van der Waals surface area contributed by atoms with Gasteiger partial charge in [0.05, 0.1) is 11.3 Å². The van der Waals surface area contributed by atoms with Crippen molar-refractivity contribution in [1.29, 1.82) is 0 Å². The van der Waals surface area contributed by atoms with Crippen molar-refractivity contribution >= 4 is 11.8 Å². The summed E-state index contributed by atoms with van der Waals surface area (Å²) in [6.45, 7) is 8.29. The SMILES string of the molecule is CCc1ccc(-c2noc(CSc3nnnn3C(C)(C)C)n2)cc1. The van der Waals surface area contributed by atoms with Gasteiger partial charge in [0.15, 0.2) is 0 Å². The van der Waals surface area contributed by atoms with E-state index >= 15 is 0 Å². The van der Waals surface area contributed by atoms with E-state index in [1.807, 2.05) is 12.1 Å². The van der Waals surface area contributed by atoms with Crippen LogP contribution in [0.15, 0.2) is 33.9 Å². The van der Waals surface area contributed by atoms with E-state index in [9.17, 15) is 0 Å². The summed E-state index contributed by atoms with van der Waals surface area (Å²) < 4.78 is 7.13. The molecule has 3 rings (SSSR count). The van der Waals surface area contributed by atoms with Crippen molar-refractivity contribution < 1.29 is 4.52 Å². The van der Waals surface area contributed by atoms with Gasteiger partial charge in [0, 0.05) is 5.56 Å². The van der Waals surface area contributed by atoms with Crippen molar-refractivity contribution in [3.8, 4) is 11.4 Å². The molecule has 7 nitrogen and oxygen atoms in total. The molecule has 0 bridgehead atoms. The van der Waals surface area contributed by atoms with Gasteiger partial charge in [0.25, 0.3) is 0 Å². The second kappa shape index (κ2) is 6.72. The maximum absolute atomic E-state index is 5.34. The topological polar surface area (TPSA) is 82.5 Å². The molecule has 0 aliphatic carbocycles. The predicted octanol–water partition coefficient (Wildman–Crippen LogP) is 3.33. The number of rotatable bonds is 5. The Hall–Kier alpha value is -2.22. The van der Waals surface area contributed by atoms with Crippen LogP contribution in [0.4, 0.5) is 0 Å². The van der Waals surface area contributed by atoms with Gasteiger partial charge >= 0.3 is 0 Å². The molecule has 0 fully saturated rings. The monoisotopic (exact) mass is 344 g/mol. The van der Waals surface area contributed by atoms with Crippen LogP contribution < -0.4 is 0 Å². The number of tetrazole rings is 1. The third kappa shape index (κ3) is 3.64. The normalized spacial score (nSPS) is 11.8. The van der Waals surface area contributed by atoms with Crippen molar-refractivity contribution in [3.63, 3.8) is 0 Å². The van der Waals surface area contributed by atoms with Gasteiger partial charge in [-0.15, -0.1) is 5.10 Å². The predicted molar refractivity (Wildman–Crippen MR) is 91.5 cm³/mol. The fourth-order valence-corrected chi connectivity index (χ4v) is 3.03. The summed E-state index contributed by atoms with van der Waals surface area (Å²) in [5.41, 5.74) is 2.06. The van der Waals surface area contributed by atoms with Gasteiger partial charge in [-0.25, -0.2) is 4.68 Å². The van der Waals surface area contributed by atoms with Crippen molar-refractivity contribution in [3.05, 3.63) is 35.7 Å². The summed E-state index contributed by atoms with van der Waals surface area (Å²) in [7, 11) is 0. The van der Waals surface area contributed by atoms with Crippen molar-refractivity contribution in [2.24, 2.45) is 0 Å². The Morgan fingerprint density at radius 3 is 2.58 bits per heavy atom. The largest absolute Gasteiger partial charge is 0.338 e. The standard InChI is InChI=1S/C16H20N6OS/c1-5-11-6-8-12(9-7-11)14-17-13(23-19-14)10-24-15-18-20-21-22(15)16(2,3)4/h6-9H,5,10H2,1-4H3. The molecule has 0 saturated carbocycles. The van der Waals surface area contributed by atoms with Gasteiger partial charge in [0.1, 0.15) is 0 Å². The minimum atomic E-state index is -0.174. The third-order valence-electron chi connectivity index (χ3n) is 3.49. The van der Waals surface area contributed by atoms with Crippen molar-refractivity contribution in [2.45, 2.75) is 50.6 Å². The molecule has 3 aromatic rings. The average molecular weight is 344 g/mol. The quantitative estimate of drug-likeness (QED) is 0.656. The van der Waals surface area contributed by atoms with E-state index in [4.69, 9.17) is 4.52 Å². The van der Waals surface area contributed by atoms with Crippen molar-refractivity contribution in [2.75, 3.05) is 0 Å². The van der Waals surface area contributed by atoms with Gasteiger partial charge < -0.3 is 4.52 Å². The molecule has 2 heterocycles. The number of benzene rings is 1. The molecule has 1 aromatic carbocycles. The van der Waals surface area contributed by atoms with Gasteiger partial charge in [0.2, 0.25) is 16.9 Å². The van der Waals surface area contributed by atoms with E-state index in [1.54, 1.807) is 4.68 Å². The first-order valence-corrected chi connectivity index (χ1v) is 8.79. The molecule has 0 atom stereocenters. The highest BCUT2D eigenvalue weighted by molar-refractivity contribution is 7.98. The van der Waals surface area contributed by atoms with Crippen LogP contribution in [0.1, 0.15) is 39.1 Å². The first-order valence-electron chi connectivity index (χ1n) is 7.81. The Morgan fingerprint density at radius 2 is 1.92 bits per heavy atom. The van der Waals surface area contributed by atoms with E-state index in [2.05, 4.69) is 65.5 Å². The van der Waals surface area contributed by atoms with Gasteiger partial charge in [-0.05, 0) is 43.2 Å². The molecule has 0 radical (unpaired) electrons. The van der Waals surface area contributed by atoms with E-state index < -0.39 is 0 Å². The van der Waals surface area contributed by atoms with Crippen LogP contribution in [0.25, 0.3) is 11.4 Å². The molecule has 126 valence electrons. The molecular formula is C16H20N6OS. The number of hydrogen-bond donors (Lipinski definition) is 0. The Morgan fingerprint density at radius 1 is 1.17 bits per heavy atom. The lowest BCUT2D eigenvalue weighted by atomic mass is 10.1. The van der Waals surface area contributed by atoms with Crippen LogP contribution in [-0.4, -0.2) is 30.3 Å². The zero-order valence-electron chi connectivity index (χ0n) is 14.2. The average Bonchev–Trinajstić information content (AvgIpc) is 3.21. The molecular weight excluding hydrogens is 324 g/mol. The Bertz CT molecular complexity index is 803. The number of thioether (sulfide) groups is 1. The fraction of sp³-hybridized carbons (Fsp3) is 0.438. The van der Waals surface area contributed by atoms with E-state index in [-0.39, 0.29) is 5.54 Å². The lowest BCUT2D eigenvalue weighted by Crippen LogP contribution is -2.24. The second-order valence-corrected chi connectivity index (χ2v) is 7.34. The van der Waals surface area contributed by atoms with Crippen LogP contribution in [0.3, 0.4) is 0 Å². The number of aryl methyl sites for hydroxylation is 1. The van der Waals surface area contributed by atoms with Gasteiger partial charge in [-0.1, -0.05) is 48.1 Å². The van der Waals surface area contributed by atoms with Crippen LogP contribution in [0.2, 0.25) is 0 Å². The molecule has 0 saturated heterocycles. The molecule has 8 heteroatoms. The molecule has 0 unspecified atom stereocenters. The summed E-state index contributed by atoms with van der Waals surface area (Å²) >= 11 is 1.48. The highest BCUT2D eigenvalue weighted by Crippen LogP contribution is 2.25. The first kappa shape index (κ1) is 16.6. The molecule has 0 aliphatic heterocycles. The number of nitrogens with zero attached hydrogens (tertiary/aromatic N) is 6. The summed E-state index contributed by atoms with van der Waals surface area (Å²) in [4.78, 5) is 4.45. The molecule has 0 spiro atoms. The van der Waals surface area contributed by atoms with Crippen molar-refractivity contribution in [1.82, 2.24) is 30.3 Å².